The van der Waals surface area contributed by atoms with Crippen LogP contribution >= 0.6 is 0 Å². The van der Waals surface area contributed by atoms with Crippen LogP contribution in [0.2, 0.25) is 0 Å². The van der Waals surface area contributed by atoms with E-state index in [2.05, 4.69) is 6.07 Å². The summed E-state index contributed by atoms with van der Waals surface area (Å²) in [6, 6.07) is 6.03. The van der Waals surface area contributed by atoms with Crippen LogP contribution in [0.3, 0.4) is 0 Å². The fourth-order valence-electron chi connectivity index (χ4n) is 3.40. The van der Waals surface area contributed by atoms with E-state index in [1.165, 1.54) is 36.8 Å². The van der Waals surface area contributed by atoms with Gasteiger partial charge in [-0.25, -0.2) is 0 Å². The maximum Gasteiger partial charge on any atom is 0.175 e. The molecular formula is C17H22O2S. The van der Waals surface area contributed by atoms with Gasteiger partial charge in [0.1, 0.15) is 0 Å². The number of carbonyl (C=O) groups excluding carboxylic acids is 1. The van der Waals surface area contributed by atoms with E-state index in [9.17, 15) is 9.00 Å². The van der Waals surface area contributed by atoms with Gasteiger partial charge in [-0.2, -0.15) is 0 Å². The fourth-order valence-corrected chi connectivity index (χ4v) is 4.92. The van der Waals surface area contributed by atoms with Crippen LogP contribution in [0, 0.1) is 0 Å². The van der Waals surface area contributed by atoms with Crippen molar-refractivity contribution in [3.63, 3.8) is 0 Å². The third kappa shape index (κ3) is 3.03. The molecular weight excluding hydrogens is 268 g/mol. The Labute approximate surface area is 123 Å². The molecule has 0 saturated heterocycles. The van der Waals surface area contributed by atoms with Crippen molar-refractivity contribution in [3.8, 4) is 0 Å². The zero-order valence-corrected chi connectivity index (χ0v) is 12.7. The van der Waals surface area contributed by atoms with Crippen molar-refractivity contribution in [1.82, 2.24) is 0 Å². The Hall–Kier alpha value is -0.960. The van der Waals surface area contributed by atoms with E-state index in [1.54, 1.807) is 0 Å². The summed E-state index contributed by atoms with van der Waals surface area (Å²) in [4.78, 5) is 12.3. The first-order valence-electron chi connectivity index (χ1n) is 7.76. The monoisotopic (exact) mass is 290 g/mol. The number of carbonyl (C=O) groups is 1. The third-order valence-electron chi connectivity index (χ3n) is 4.62. The van der Waals surface area contributed by atoms with Crippen LogP contribution in [-0.2, 0) is 23.6 Å². The number of ketones is 1. The molecule has 1 aromatic rings. The van der Waals surface area contributed by atoms with Crippen LogP contribution < -0.4 is 0 Å². The molecule has 1 unspecified atom stereocenters. The van der Waals surface area contributed by atoms with Gasteiger partial charge < -0.3 is 0 Å². The van der Waals surface area contributed by atoms with Crippen molar-refractivity contribution in [2.45, 2.75) is 56.6 Å². The maximum absolute atomic E-state index is 12.3. The van der Waals surface area contributed by atoms with Gasteiger partial charge in [0.2, 0.25) is 0 Å². The van der Waals surface area contributed by atoms with E-state index in [0.29, 0.717) is 0 Å². The second-order valence-electron chi connectivity index (χ2n) is 6.05. The number of hydrogen-bond acceptors (Lipinski definition) is 2. The van der Waals surface area contributed by atoms with Crippen LogP contribution in [0.15, 0.2) is 18.2 Å². The molecule has 0 N–H and O–H groups in total. The lowest BCUT2D eigenvalue weighted by atomic mass is 10.0. The Morgan fingerprint density at radius 1 is 1.05 bits per heavy atom. The first-order chi connectivity index (χ1) is 9.74. The minimum Gasteiger partial charge on any atom is -0.293 e. The van der Waals surface area contributed by atoms with Gasteiger partial charge in [0.05, 0.1) is 5.75 Å². The molecule has 0 bridgehead atoms. The normalized spacial score (nSPS) is 20.6. The number of Topliss-reactive ketones (excluding diaryl/α,β-unsaturated/α-hetero) is 1. The largest absolute Gasteiger partial charge is 0.293 e. The highest BCUT2D eigenvalue weighted by molar-refractivity contribution is 7.86. The van der Waals surface area contributed by atoms with Crippen molar-refractivity contribution in [2.24, 2.45) is 0 Å². The highest BCUT2D eigenvalue weighted by Crippen LogP contribution is 2.25. The molecule has 1 atom stereocenters. The SMILES string of the molecule is O=C(CS(=O)C1CCCCC1)c1ccc2c(c1)CCC2. The Morgan fingerprint density at radius 3 is 2.60 bits per heavy atom. The summed E-state index contributed by atoms with van der Waals surface area (Å²) in [5.41, 5.74) is 3.46. The lowest BCUT2D eigenvalue weighted by Gasteiger charge is -2.20. The van der Waals surface area contributed by atoms with E-state index >= 15 is 0 Å². The molecule has 0 heterocycles. The minimum absolute atomic E-state index is 0.0589. The molecule has 1 aromatic carbocycles. The summed E-state index contributed by atoms with van der Waals surface area (Å²) >= 11 is 0. The van der Waals surface area contributed by atoms with E-state index in [0.717, 1.165) is 31.2 Å². The number of rotatable bonds is 4. The van der Waals surface area contributed by atoms with Gasteiger partial charge in [-0.15, -0.1) is 0 Å². The zero-order chi connectivity index (χ0) is 13.9. The lowest BCUT2D eigenvalue weighted by Crippen LogP contribution is -2.24. The van der Waals surface area contributed by atoms with E-state index in [-0.39, 0.29) is 16.8 Å². The van der Waals surface area contributed by atoms with Crippen LogP contribution in [0.1, 0.15) is 60.0 Å². The highest BCUT2D eigenvalue weighted by atomic mass is 32.2. The van der Waals surface area contributed by atoms with Gasteiger partial charge in [-0.1, -0.05) is 31.4 Å². The van der Waals surface area contributed by atoms with E-state index in [4.69, 9.17) is 0 Å². The maximum atomic E-state index is 12.3. The summed E-state index contributed by atoms with van der Waals surface area (Å²) < 4.78 is 12.3. The highest BCUT2D eigenvalue weighted by Gasteiger charge is 2.23. The summed E-state index contributed by atoms with van der Waals surface area (Å²) in [6.07, 6.45) is 9.08. The van der Waals surface area contributed by atoms with Crippen LogP contribution in [0.5, 0.6) is 0 Å². The molecule has 20 heavy (non-hydrogen) atoms. The first-order valence-corrected chi connectivity index (χ1v) is 9.14. The quantitative estimate of drug-likeness (QED) is 0.796. The molecule has 2 nitrogen and oxygen atoms in total. The first kappa shape index (κ1) is 14.0. The Bertz CT molecular complexity index is 530. The molecule has 2 aliphatic rings. The molecule has 3 heteroatoms. The standard InChI is InChI=1S/C17H22O2S/c18-17(12-20(19)16-7-2-1-3-8-16)15-10-9-13-5-4-6-14(13)11-15/h9-11,16H,1-8,12H2. The van der Waals surface area contributed by atoms with Gasteiger partial charge in [0.15, 0.2) is 5.78 Å². The average molecular weight is 290 g/mol. The van der Waals surface area contributed by atoms with E-state index in [1.807, 2.05) is 12.1 Å². The van der Waals surface area contributed by atoms with Gasteiger partial charge in [0.25, 0.3) is 0 Å². The van der Waals surface area contributed by atoms with Gasteiger partial charge in [-0.3, -0.25) is 9.00 Å². The molecule has 2 aliphatic carbocycles. The third-order valence-corrected chi connectivity index (χ3v) is 6.38. The van der Waals surface area contributed by atoms with Crippen LogP contribution in [0.25, 0.3) is 0 Å². The predicted octanol–water partition coefficient (Wildman–Crippen LogP) is 3.44. The Balaban J connectivity index is 1.65. The van der Waals surface area contributed by atoms with Crippen molar-refractivity contribution < 1.29 is 9.00 Å². The van der Waals surface area contributed by atoms with Gasteiger partial charge >= 0.3 is 0 Å². The number of benzene rings is 1. The Kier molecular flexibility index (Phi) is 4.35. The van der Waals surface area contributed by atoms with Crippen molar-refractivity contribution in [3.05, 3.63) is 34.9 Å². The second-order valence-corrected chi connectivity index (χ2v) is 7.76. The zero-order valence-electron chi connectivity index (χ0n) is 11.9. The molecule has 3 rings (SSSR count). The summed E-state index contributed by atoms with van der Waals surface area (Å²) in [6.45, 7) is 0. The summed E-state index contributed by atoms with van der Waals surface area (Å²) in [7, 11) is -0.985. The molecule has 0 amide bonds. The summed E-state index contributed by atoms with van der Waals surface area (Å²) in [5, 5.41) is 0.252. The predicted molar refractivity (Wildman–Crippen MR) is 82.7 cm³/mol. The molecule has 0 aromatic heterocycles. The van der Waals surface area contributed by atoms with Crippen LogP contribution in [0.4, 0.5) is 0 Å². The van der Waals surface area contributed by atoms with E-state index < -0.39 is 10.8 Å². The molecule has 0 spiro atoms. The lowest BCUT2D eigenvalue weighted by molar-refractivity contribution is 0.102. The van der Waals surface area contributed by atoms with Gasteiger partial charge in [0, 0.05) is 21.6 Å². The smallest absolute Gasteiger partial charge is 0.175 e. The average Bonchev–Trinajstić information content (AvgIpc) is 2.95. The summed E-state index contributed by atoms with van der Waals surface area (Å²) in [5.74, 6) is 0.271. The molecule has 108 valence electrons. The minimum atomic E-state index is -0.985. The number of hydrogen-bond donors (Lipinski definition) is 0. The van der Waals surface area contributed by atoms with Crippen molar-refractivity contribution in [2.75, 3.05) is 5.75 Å². The molecule has 0 aliphatic heterocycles. The van der Waals surface area contributed by atoms with Crippen molar-refractivity contribution >= 4 is 16.6 Å². The van der Waals surface area contributed by atoms with Crippen molar-refractivity contribution in [1.29, 1.82) is 0 Å². The Morgan fingerprint density at radius 2 is 1.80 bits per heavy atom. The van der Waals surface area contributed by atoms with Crippen LogP contribution in [-0.4, -0.2) is 21.0 Å². The topological polar surface area (TPSA) is 34.1 Å². The van der Waals surface area contributed by atoms with Gasteiger partial charge in [-0.05, 0) is 49.3 Å². The fraction of sp³-hybridized carbons (Fsp3) is 0.588. The molecule has 1 saturated carbocycles. The molecule has 1 fully saturated rings. The number of aryl methyl sites for hydroxylation is 2. The number of fused-ring (bicyclic) bond motifs is 1. The second kappa shape index (κ2) is 6.21. The molecule has 0 radical (unpaired) electrons.